The van der Waals surface area contributed by atoms with E-state index in [1.54, 1.807) is 7.05 Å². The van der Waals surface area contributed by atoms with Crippen LogP contribution in [0.3, 0.4) is 0 Å². The van der Waals surface area contributed by atoms with Crippen LogP contribution in [0.2, 0.25) is 0 Å². The minimum absolute atomic E-state index is 0.225. The lowest BCUT2D eigenvalue weighted by atomic mass is 9.58. The molecule has 1 heterocycles. The molecule has 1 aliphatic heterocycles. The van der Waals surface area contributed by atoms with Gasteiger partial charge in [-0.2, -0.15) is 0 Å². The second kappa shape index (κ2) is 2.21. The van der Waals surface area contributed by atoms with Gasteiger partial charge in [0.15, 0.2) is 0 Å². The molecule has 62 valence electrons. The molecule has 1 aliphatic carbocycles. The van der Waals surface area contributed by atoms with Crippen LogP contribution in [0.15, 0.2) is 0 Å². The molecule has 0 aromatic rings. The summed E-state index contributed by atoms with van der Waals surface area (Å²) in [6.07, 6.45) is 2.19. The van der Waals surface area contributed by atoms with Crippen molar-refractivity contribution in [1.82, 2.24) is 10.6 Å². The van der Waals surface area contributed by atoms with Crippen molar-refractivity contribution in [3.05, 3.63) is 0 Å². The van der Waals surface area contributed by atoms with Crippen molar-refractivity contribution >= 4 is 5.91 Å². The average molecular weight is 154 g/mol. The highest BCUT2D eigenvalue weighted by atomic mass is 16.1. The van der Waals surface area contributed by atoms with Crippen molar-refractivity contribution < 1.29 is 4.79 Å². The maximum atomic E-state index is 11.1. The van der Waals surface area contributed by atoms with E-state index in [2.05, 4.69) is 10.6 Å². The maximum Gasteiger partial charge on any atom is 0.222 e. The Labute approximate surface area is 66.5 Å². The van der Waals surface area contributed by atoms with Gasteiger partial charge in [-0.05, 0) is 18.3 Å². The lowest BCUT2D eigenvalue weighted by Crippen LogP contribution is -2.62. The molecule has 0 unspecified atom stereocenters. The van der Waals surface area contributed by atoms with Gasteiger partial charge in [-0.15, -0.1) is 0 Å². The van der Waals surface area contributed by atoms with E-state index in [9.17, 15) is 4.79 Å². The quantitative estimate of drug-likeness (QED) is 0.546. The Kier molecular flexibility index (Phi) is 1.42. The Morgan fingerprint density at radius 2 is 2.18 bits per heavy atom. The molecular weight excluding hydrogens is 140 g/mol. The fourth-order valence-corrected chi connectivity index (χ4v) is 2.14. The lowest BCUT2D eigenvalue weighted by molar-refractivity contribution is -0.134. The first-order valence-corrected chi connectivity index (χ1v) is 4.18. The molecule has 2 rings (SSSR count). The lowest BCUT2D eigenvalue weighted by Gasteiger charge is -2.53. The summed E-state index contributed by atoms with van der Waals surface area (Å²) in [4.78, 5) is 11.1. The van der Waals surface area contributed by atoms with Gasteiger partial charge < -0.3 is 10.6 Å². The Hall–Kier alpha value is -0.570. The first-order valence-electron chi connectivity index (χ1n) is 4.18. The van der Waals surface area contributed by atoms with Gasteiger partial charge in [0.1, 0.15) is 0 Å². The van der Waals surface area contributed by atoms with Crippen molar-refractivity contribution in [3.8, 4) is 0 Å². The number of nitrogens with one attached hydrogen (secondary N) is 2. The van der Waals surface area contributed by atoms with Crippen LogP contribution in [-0.4, -0.2) is 26.0 Å². The normalized spacial score (nSPS) is 27.4. The largest absolute Gasteiger partial charge is 0.359 e. The molecule has 2 fully saturated rings. The third kappa shape index (κ3) is 0.948. The highest BCUT2D eigenvalue weighted by Gasteiger charge is 2.50. The topological polar surface area (TPSA) is 41.1 Å². The van der Waals surface area contributed by atoms with Gasteiger partial charge in [0.05, 0.1) is 0 Å². The van der Waals surface area contributed by atoms with Crippen LogP contribution in [0.4, 0.5) is 0 Å². The van der Waals surface area contributed by atoms with Gasteiger partial charge in [0.2, 0.25) is 5.91 Å². The van der Waals surface area contributed by atoms with Gasteiger partial charge in [-0.1, -0.05) is 0 Å². The minimum Gasteiger partial charge on any atom is -0.359 e. The van der Waals surface area contributed by atoms with E-state index in [1.165, 1.54) is 0 Å². The molecule has 1 amide bonds. The monoisotopic (exact) mass is 154 g/mol. The van der Waals surface area contributed by atoms with Crippen molar-refractivity contribution in [2.24, 2.45) is 11.3 Å². The van der Waals surface area contributed by atoms with E-state index < -0.39 is 0 Å². The van der Waals surface area contributed by atoms with Gasteiger partial charge >= 0.3 is 0 Å². The molecular formula is C8H14N2O. The Morgan fingerprint density at radius 1 is 1.55 bits per heavy atom. The zero-order valence-corrected chi connectivity index (χ0v) is 6.81. The molecule has 0 radical (unpaired) electrons. The van der Waals surface area contributed by atoms with Gasteiger partial charge in [-0.25, -0.2) is 0 Å². The molecule has 11 heavy (non-hydrogen) atoms. The van der Waals surface area contributed by atoms with E-state index in [4.69, 9.17) is 0 Å². The van der Waals surface area contributed by atoms with Crippen molar-refractivity contribution in [1.29, 1.82) is 0 Å². The van der Waals surface area contributed by atoms with E-state index in [0.29, 0.717) is 11.3 Å². The Bertz CT molecular complexity index is 179. The predicted molar refractivity (Wildman–Crippen MR) is 42.1 cm³/mol. The summed E-state index contributed by atoms with van der Waals surface area (Å²) in [6.45, 7) is 2.25. The number of carbonyl (C=O) groups is 1. The third-order valence-electron chi connectivity index (χ3n) is 2.98. The van der Waals surface area contributed by atoms with E-state index in [1.807, 2.05) is 0 Å². The smallest absolute Gasteiger partial charge is 0.222 e. The van der Waals surface area contributed by atoms with Gasteiger partial charge in [0, 0.05) is 26.1 Å². The number of hydrogen-bond acceptors (Lipinski definition) is 2. The van der Waals surface area contributed by atoms with Gasteiger partial charge in [0.25, 0.3) is 0 Å². The first-order chi connectivity index (χ1) is 5.26. The zero-order valence-electron chi connectivity index (χ0n) is 6.81. The van der Waals surface area contributed by atoms with E-state index in [0.717, 1.165) is 25.9 Å². The molecule has 1 saturated carbocycles. The summed E-state index contributed by atoms with van der Waals surface area (Å²) in [5.41, 5.74) is 0.525. The zero-order chi connectivity index (χ0) is 7.90. The summed E-state index contributed by atoms with van der Waals surface area (Å²) < 4.78 is 0. The predicted octanol–water partition coefficient (Wildman–Crippen LogP) is -0.268. The molecule has 1 saturated heterocycles. The van der Waals surface area contributed by atoms with Crippen molar-refractivity contribution in [3.63, 3.8) is 0 Å². The second-order valence-electron chi connectivity index (χ2n) is 3.82. The summed E-state index contributed by atoms with van der Waals surface area (Å²) >= 11 is 0. The molecule has 0 aromatic heterocycles. The number of amides is 1. The third-order valence-corrected chi connectivity index (χ3v) is 2.98. The Balaban J connectivity index is 1.83. The molecule has 3 nitrogen and oxygen atoms in total. The SMILES string of the molecule is CNC(=O)C1CC2(CNC2)C1. The first kappa shape index (κ1) is 7.10. The minimum atomic E-state index is 0.225. The second-order valence-corrected chi connectivity index (χ2v) is 3.82. The number of rotatable bonds is 1. The van der Waals surface area contributed by atoms with Crippen LogP contribution >= 0.6 is 0 Å². The molecule has 0 atom stereocenters. The summed E-state index contributed by atoms with van der Waals surface area (Å²) in [5, 5.41) is 5.94. The fraction of sp³-hybridized carbons (Fsp3) is 0.875. The molecule has 2 N–H and O–H groups in total. The number of hydrogen-bond donors (Lipinski definition) is 2. The van der Waals surface area contributed by atoms with Crippen LogP contribution in [-0.2, 0) is 4.79 Å². The molecule has 1 spiro atoms. The Morgan fingerprint density at radius 3 is 2.55 bits per heavy atom. The van der Waals surface area contributed by atoms with Crippen LogP contribution in [0.25, 0.3) is 0 Å². The maximum absolute atomic E-state index is 11.1. The number of carbonyl (C=O) groups excluding carboxylic acids is 1. The van der Waals surface area contributed by atoms with Crippen LogP contribution in [0.5, 0.6) is 0 Å². The van der Waals surface area contributed by atoms with Crippen molar-refractivity contribution in [2.45, 2.75) is 12.8 Å². The highest BCUT2D eigenvalue weighted by molar-refractivity contribution is 5.79. The molecule has 2 aliphatic rings. The van der Waals surface area contributed by atoms with Crippen LogP contribution < -0.4 is 10.6 Å². The average Bonchev–Trinajstić information content (AvgIpc) is 1.81. The van der Waals surface area contributed by atoms with Crippen LogP contribution in [0, 0.1) is 11.3 Å². The van der Waals surface area contributed by atoms with Crippen LogP contribution in [0.1, 0.15) is 12.8 Å². The molecule has 0 bridgehead atoms. The van der Waals surface area contributed by atoms with Gasteiger partial charge in [-0.3, -0.25) is 4.79 Å². The van der Waals surface area contributed by atoms with E-state index in [-0.39, 0.29) is 5.91 Å². The summed E-state index contributed by atoms with van der Waals surface area (Å²) in [7, 11) is 1.71. The fourth-order valence-electron chi connectivity index (χ4n) is 2.14. The molecule has 0 aromatic carbocycles. The van der Waals surface area contributed by atoms with Crippen molar-refractivity contribution in [2.75, 3.05) is 20.1 Å². The highest BCUT2D eigenvalue weighted by Crippen LogP contribution is 2.48. The summed E-state index contributed by atoms with van der Waals surface area (Å²) in [6, 6.07) is 0. The molecule has 3 heteroatoms. The standard InChI is InChI=1S/C8H14N2O/c1-9-7(11)6-2-8(3-6)4-10-5-8/h6,10H,2-5H2,1H3,(H,9,11). The van der Waals surface area contributed by atoms with E-state index >= 15 is 0 Å². The summed E-state index contributed by atoms with van der Waals surface area (Å²) in [5.74, 6) is 0.532.